The smallest absolute Gasteiger partial charge is 0.310 e. The van der Waals surface area contributed by atoms with E-state index < -0.39 is 93.6 Å². The number of hydrogen-bond acceptors (Lipinski definition) is 12. The van der Waals surface area contributed by atoms with Gasteiger partial charge < -0.3 is 38.3 Å². The number of epoxide rings is 1. The standard InChI is InChI=1S/C34H44O12/c1-15(2)28(40)45-29-31(6)21-11-22(38)32(7)25(33(21,14-42-29)26(39)24(43-16(3)35)27(31)44-17(4)36)20(37)12-30(5)19(18-8-9-41-13-18)10-23-34(30,32)46-23/h8-9,13,15,19,21-27,29,38-39H,10-12,14H2,1-7H3/t19-,21-,22+,23+,24+,25-,26-,27+,29+,30-,31+,32+,33-,34+/m0/s1. The van der Waals surface area contributed by atoms with Crippen molar-refractivity contribution in [3.8, 4) is 0 Å². The van der Waals surface area contributed by atoms with Gasteiger partial charge in [0.15, 0.2) is 12.2 Å². The van der Waals surface area contributed by atoms with E-state index in [4.69, 9.17) is 28.1 Å². The number of aliphatic hydroxyl groups excluding tert-OH is 2. The number of rotatable bonds is 5. The van der Waals surface area contributed by atoms with Gasteiger partial charge in [-0.2, -0.15) is 0 Å². The lowest BCUT2D eigenvalue weighted by Crippen LogP contribution is -2.83. The number of aliphatic hydroxyl groups is 2. The lowest BCUT2D eigenvalue weighted by Gasteiger charge is -2.73. The molecule has 2 saturated heterocycles. The minimum absolute atomic E-state index is 0.0553. The van der Waals surface area contributed by atoms with E-state index in [9.17, 15) is 29.4 Å². The first-order chi connectivity index (χ1) is 21.5. The molecule has 2 N–H and O–H groups in total. The van der Waals surface area contributed by atoms with Crippen LogP contribution in [0.2, 0.25) is 0 Å². The highest BCUT2D eigenvalue weighted by Crippen LogP contribution is 2.82. The van der Waals surface area contributed by atoms with Crippen LogP contribution in [-0.2, 0) is 42.9 Å². The van der Waals surface area contributed by atoms with Crippen molar-refractivity contribution in [2.24, 2.45) is 39.4 Å². The molecule has 252 valence electrons. The minimum atomic E-state index is -1.54. The van der Waals surface area contributed by atoms with E-state index in [1.807, 2.05) is 19.9 Å². The molecule has 4 aliphatic carbocycles. The zero-order chi connectivity index (χ0) is 33.4. The molecule has 12 nitrogen and oxygen atoms in total. The van der Waals surface area contributed by atoms with Crippen molar-refractivity contribution in [2.45, 2.75) is 116 Å². The van der Waals surface area contributed by atoms with Crippen LogP contribution in [0.15, 0.2) is 23.0 Å². The van der Waals surface area contributed by atoms with Crippen LogP contribution in [0, 0.1) is 39.4 Å². The maximum absolute atomic E-state index is 14.9. The Morgan fingerprint density at radius 1 is 1.02 bits per heavy atom. The third-order valence-corrected chi connectivity index (χ3v) is 13.1. The minimum Gasteiger partial charge on any atom is -0.472 e. The Morgan fingerprint density at radius 3 is 2.33 bits per heavy atom. The molecule has 12 heteroatoms. The van der Waals surface area contributed by atoms with Crippen molar-refractivity contribution < 1.29 is 57.5 Å². The van der Waals surface area contributed by atoms with Crippen LogP contribution < -0.4 is 0 Å². The normalized spacial score (nSPS) is 50.0. The molecule has 2 bridgehead atoms. The van der Waals surface area contributed by atoms with Gasteiger partial charge in [-0.3, -0.25) is 19.2 Å². The molecule has 1 spiro atoms. The second kappa shape index (κ2) is 9.87. The largest absolute Gasteiger partial charge is 0.472 e. The predicted octanol–water partition coefficient (Wildman–Crippen LogP) is 2.67. The van der Waals surface area contributed by atoms with Gasteiger partial charge in [0.1, 0.15) is 17.5 Å². The summed E-state index contributed by atoms with van der Waals surface area (Å²) in [4.78, 5) is 53.0. The molecule has 1 aromatic rings. The van der Waals surface area contributed by atoms with E-state index in [-0.39, 0.29) is 37.3 Å². The summed E-state index contributed by atoms with van der Waals surface area (Å²) in [7, 11) is 0. The van der Waals surface area contributed by atoms with Gasteiger partial charge in [0.2, 0.25) is 6.29 Å². The van der Waals surface area contributed by atoms with Crippen LogP contribution >= 0.6 is 0 Å². The average Bonchev–Trinajstić information content (AvgIpc) is 3.34. The number of esters is 3. The highest BCUT2D eigenvalue weighted by atomic mass is 16.7. The predicted molar refractivity (Wildman–Crippen MR) is 155 cm³/mol. The Morgan fingerprint density at radius 2 is 1.72 bits per heavy atom. The summed E-state index contributed by atoms with van der Waals surface area (Å²) >= 11 is 0. The van der Waals surface area contributed by atoms with Crippen LogP contribution in [0.25, 0.3) is 0 Å². The molecule has 0 aromatic carbocycles. The van der Waals surface area contributed by atoms with Gasteiger partial charge in [-0.15, -0.1) is 0 Å². The van der Waals surface area contributed by atoms with E-state index in [2.05, 4.69) is 0 Å². The summed E-state index contributed by atoms with van der Waals surface area (Å²) in [5.41, 5.74) is -4.66. The number of furan rings is 1. The van der Waals surface area contributed by atoms with Crippen molar-refractivity contribution >= 4 is 23.7 Å². The number of hydrogen-bond donors (Lipinski definition) is 2. The second-order valence-electron chi connectivity index (χ2n) is 15.5. The fraction of sp³-hybridized carbons (Fsp3) is 0.765. The van der Waals surface area contributed by atoms with Crippen LogP contribution in [0.4, 0.5) is 0 Å². The lowest BCUT2D eigenvalue weighted by atomic mass is 9.33. The summed E-state index contributed by atoms with van der Waals surface area (Å²) in [5.74, 6) is -4.50. The number of ketones is 1. The van der Waals surface area contributed by atoms with Crippen LogP contribution in [0.1, 0.15) is 79.2 Å². The summed E-state index contributed by atoms with van der Waals surface area (Å²) in [6.07, 6.45) is -2.79. The molecule has 14 atom stereocenters. The Hall–Kier alpha value is -2.80. The van der Waals surface area contributed by atoms with Crippen LogP contribution in [0.5, 0.6) is 0 Å². The summed E-state index contributed by atoms with van der Waals surface area (Å²) in [5, 5.41) is 24.9. The van der Waals surface area contributed by atoms with Crippen LogP contribution in [0.3, 0.4) is 0 Å². The third kappa shape index (κ3) is 3.59. The molecule has 4 saturated carbocycles. The summed E-state index contributed by atoms with van der Waals surface area (Å²) < 4.78 is 35.9. The SMILES string of the molecule is CC(=O)O[C@H]1[C@@H](OC(C)=O)[C@]2(C)[C@@H](OC(=O)C(C)C)OC[C@]3([C@H]4C(=O)C[C@@]5(C)[C@H](c6ccoc6)C[C@H]6O[C@]65[C@]4(C)[C@H](O)C[C@@H]23)[C@H]1O. The number of Topliss-reactive ketones (excluding diaryl/α,β-unsaturated/α-hetero) is 1. The Labute approximate surface area is 267 Å². The molecule has 6 fully saturated rings. The molecule has 3 heterocycles. The first-order valence-corrected chi connectivity index (χ1v) is 16.3. The Balaban J connectivity index is 1.41. The van der Waals surface area contributed by atoms with Crippen molar-refractivity contribution in [3.05, 3.63) is 24.2 Å². The molecular formula is C34H44O12. The Kier molecular flexibility index (Phi) is 6.82. The zero-order valence-electron chi connectivity index (χ0n) is 27.3. The molecule has 0 amide bonds. The molecular weight excluding hydrogens is 600 g/mol. The van der Waals surface area contributed by atoms with Crippen molar-refractivity contribution in [1.29, 1.82) is 0 Å². The topological polar surface area (TPSA) is 171 Å². The average molecular weight is 645 g/mol. The van der Waals surface area contributed by atoms with Gasteiger partial charge in [0.25, 0.3) is 0 Å². The second-order valence-corrected chi connectivity index (χ2v) is 15.5. The van der Waals surface area contributed by atoms with Crippen molar-refractivity contribution in [3.63, 3.8) is 0 Å². The number of carbonyl (C=O) groups excluding carboxylic acids is 4. The maximum atomic E-state index is 14.9. The van der Waals surface area contributed by atoms with Crippen LogP contribution in [-0.4, -0.2) is 82.9 Å². The van der Waals surface area contributed by atoms with Gasteiger partial charge >= 0.3 is 17.9 Å². The van der Waals surface area contributed by atoms with E-state index in [0.29, 0.717) is 6.42 Å². The molecule has 1 aromatic heterocycles. The van der Waals surface area contributed by atoms with Gasteiger partial charge in [0, 0.05) is 42.4 Å². The van der Waals surface area contributed by atoms with Crippen molar-refractivity contribution in [2.75, 3.05) is 6.61 Å². The van der Waals surface area contributed by atoms with Gasteiger partial charge in [0.05, 0.1) is 42.7 Å². The number of carbonyl (C=O) groups is 4. The highest BCUT2D eigenvalue weighted by molar-refractivity contribution is 5.87. The van der Waals surface area contributed by atoms with Gasteiger partial charge in [-0.25, -0.2) is 0 Å². The molecule has 7 rings (SSSR count). The molecule has 2 aliphatic heterocycles. The highest BCUT2D eigenvalue weighted by Gasteiger charge is 2.90. The molecule has 46 heavy (non-hydrogen) atoms. The van der Waals surface area contributed by atoms with Gasteiger partial charge in [-0.05, 0) is 43.2 Å². The van der Waals surface area contributed by atoms with Crippen molar-refractivity contribution in [1.82, 2.24) is 0 Å². The van der Waals surface area contributed by atoms with E-state index in [0.717, 1.165) is 5.56 Å². The zero-order valence-corrected chi connectivity index (χ0v) is 27.3. The monoisotopic (exact) mass is 644 g/mol. The molecule has 6 aliphatic rings. The van der Waals surface area contributed by atoms with E-state index in [1.54, 1.807) is 33.3 Å². The maximum Gasteiger partial charge on any atom is 0.310 e. The van der Waals surface area contributed by atoms with E-state index in [1.165, 1.54) is 13.8 Å². The lowest BCUT2D eigenvalue weighted by molar-refractivity contribution is -0.389. The number of fused-ring (bicyclic) bond motifs is 1. The fourth-order valence-electron chi connectivity index (χ4n) is 11.5. The van der Waals surface area contributed by atoms with E-state index >= 15 is 0 Å². The summed E-state index contributed by atoms with van der Waals surface area (Å²) in [6.45, 7) is 11.1. The summed E-state index contributed by atoms with van der Waals surface area (Å²) in [6, 6.07) is 1.90. The molecule has 0 unspecified atom stereocenters. The first-order valence-electron chi connectivity index (χ1n) is 16.3. The Bertz CT molecular complexity index is 1470. The molecule has 0 radical (unpaired) electrons. The third-order valence-electron chi connectivity index (χ3n) is 13.1. The fourth-order valence-corrected chi connectivity index (χ4v) is 11.5. The van der Waals surface area contributed by atoms with Gasteiger partial charge in [-0.1, -0.05) is 27.7 Å². The quantitative estimate of drug-likeness (QED) is 0.273. The first kappa shape index (κ1) is 31.8. The number of ether oxygens (including phenoxy) is 5.